The number of amides is 1. The summed E-state index contributed by atoms with van der Waals surface area (Å²) in [5.74, 6) is 1.55. The van der Waals surface area contributed by atoms with Crippen LogP contribution in [0.2, 0.25) is 0 Å². The quantitative estimate of drug-likeness (QED) is 0.790. The van der Waals surface area contributed by atoms with E-state index in [1.54, 1.807) is 18.3 Å². The van der Waals surface area contributed by atoms with Gasteiger partial charge in [-0.25, -0.2) is 0 Å². The largest absolute Gasteiger partial charge is 0.457 e. The Labute approximate surface area is 145 Å². The number of carbonyl (C=O) groups is 1. The van der Waals surface area contributed by atoms with E-state index < -0.39 is 0 Å². The van der Waals surface area contributed by atoms with Gasteiger partial charge in [0.15, 0.2) is 5.82 Å². The fourth-order valence-corrected chi connectivity index (χ4v) is 2.88. The van der Waals surface area contributed by atoms with Crippen LogP contribution in [0.15, 0.2) is 54.7 Å². The molecule has 1 aliphatic rings. The summed E-state index contributed by atoms with van der Waals surface area (Å²) in [5, 5.41) is 7.25. The fourth-order valence-electron chi connectivity index (χ4n) is 2.88. The maximum Gasteiger partial charge on any atom is 0.275 e. The van der Waals surface area contributed by atoms with Crippen LogP contribution in [0.25, 0.3) is 0 Å². The molecule has 0 fully saturated rings. The number of carbonyl (C=O) groups excluding carboxylic acids is 1. The Morgan fingerprint density at radius 2 is 1.96 bits per heavy atom. The zero-order valence-corrected chi connectivity index (χ0v) is 13.7. The van der Waals surface area contributed by atoms with Gasteiger partial charge in [-0.1, -0.05) is 18.2 Å². The molecule has 0 saturated heterocycles. The molecule has 1 amide bonds. The normalized spacial score (nSPS) is 13.1. The van der Waals surface area contributed by atoms with Crippen molar-refractivity contribution >= 4 is 11.7 Å². The predicted molar refractivity (Wildman–Crippen MR) is 93.9 cm³/mol. The van der Waals surface area contributed by atoms with Gasteiger partial charge >= 0.3 is 0 Å². The van der Waals surface area contributed by atoms with Crippen molar-refractivity contribution < 1.29 is 9.53 Å². The van der Waals surface area contributed by atoms with Crippen molar-refractivity contribution in [1.82, 2.24) is 14.8 Å². The molecule has 0 unspecified atom stereocenters. The first-order valence-corrected chi connectivity index (χ1v) is 8.35. The number of aromatic nitrogens is 3. The number of aryl methyl sites for hydroxylation is 2. The summed E-state index contributed by atoms with van der Waals surface area (Å²) < 4.78 is 7.71. The van der Waals surface area contributed by atoms with Gasteiger partial charge in [-0.15, -0.1) is 0 Å². The van der Waals surface area contributed by atoms with Crippen molar-refractivity contribution in [3.8, 4) is 11.5 Å². The van der Waals surface area contributed by atoms with E-state index in [1.165, 1.54) is 6.42 Å². The maximum absolute atomic E-state index is 12.5. The average molecular weight is 334 g/mol. The molecular formula is C19H18N4O2. The van der Waals surface area contributed by atoms with Crippen molar-refractivity contribution in [3.63, 3.8) is 0 Å². The summed E-state index contributed by atoms with van der Waals surface area (Å²) >= 11 is 0. The van der Waals surface area contributed by atoms with Crippen LogP contribution < -0.4 is 10.1 Å². The molecule has 0 aliphatic carbocycles. The van der Waals surface area contributed by atoms with Gasteiger partial charge in [0, 0.05) is 30.6 Å². The van der Waals surface area contributed by atoms with Gasteiger partial charge in [0.05, 0.1) is 0 Å². The van der Waals surface area contributed by atoms with Gasteiger partial charge in [-0.2, -0.15) is 5.10 Å². The Bertz CT molecular complexity index is 866. The lowest BCUT2D eigenvalue weighted by Gasteiger charge is -2.11. The molecule has 6 heteroatoms. The molecule has 4 rings (SSSR count). The Morgan fingerprint density at radius 3 is 2.80 bits per heavy atom. The van der Waals surface area contributed by atoms with E-state index in [0.29, 0.717) is 23.0 Å². The summed E-state index contributed by atoms with van der Waals surface area (Å²) in [6.45, 7) is 0.907. The van der Waals surface area contributed by atoms with Gasteiger partial charge < -0.3 is 10.1 Å². The lowest BCUT2D eigenvalue weighted by molar-refractivity contribution is 0.102. The highest BCUT2D eigenvalue weighted by Gasteiger charge is 2.15. The first-order chi connectivity index (χ1) is 12.3. The van der Waals surface area contributed by atoms with Gasteiger partial charge in [0.2, 0.25) is 0 Å². The number of anilines is 1. The van der Waals surface area contributed by atoms with Crippen molar-refractivity contribution in [2.75, 3.05) is 5.32 Å². The highest BCUT2D eigenvalue weighted by molar-refractivity contribution is 6.02. The zero-order valence-electron chi connectivity index (χ0n) is 13.7. The van der Waals surface area contributed by atoms with E-state index in [0.717, 1.165) is 25.1 Å². The number of hydrogen-bond donors (Lipinski definition) is 1. The number of para-hydroxylation sites is 1. The highest BCUT2D eigenvalue weighted by atomic mass is 16.5. The van der Waals surface area contributed by atoms with Crippen molar-refractivity contribution in [2.24, 2.45) is 0 Å². The molecule has 1 N–H and O–H groups in total. The standard InChI is InChI=1S/C19H18N4O2/c24-19(21-18-12-14-6-4-5-11-23(14)22-18)17-13-16(9-10-20-17)25-15-7-2-1-3-8-15/h1-3,7-10,12-13H,4-6,11H2,(H,21,22,24). The smallest absolute Gasteiger partial charge is 0.275 e. The topological polar surface area (TPSA) is 69.0 Å². The summed E-state index contributed by atoms with van der Waals surface area (Å²) in [6.07, 6.45) is 4.86. The SMILES string of the molecule is O=C(Nc1cc2n(n1)CCCC2)c1cc(Oc2ccccc2)ccn1. The van der Waals surface area contributed by atoms with Gasteiger partial charge in [-0.05, 0) is 37.5 Å². The minimum Gasteiger partial charge on any atom is -0.457 e. The third-order valence-electron chi connectivity index (χ3n) is 4.10. The highest BCUT2D eigenvalue weighted by Crippen LogP contribution is 2.22. The molecule has 2 aromatic heterocycles. The summed E-state index contributed by atoms with van der Waals surface area (Å²) in [5.41, 5.74) is 1.45. The number of pyridine rings is 1. The number of nitrogens with one attached hydrogen (secondary N) is 1. The summed E-state index contributed by atoms with van der Waals surface area (Å²) in [7, 11) is 0. The Kier molecular flexibility index (Phi) is 4.16. The van der Waals surface area contributed by atoms with Crippen molar-refractivity contribution in [3.05, 3.63) is 66.1 Å². The van der Waals surface area contributed by atoms with Crippen LogP contribution in [-0.2, 0) is 13.0 Å². The van der Waals surface area contributed by atoms with Crippen molar-refractivity contribution in [1.29, 1.82) is 0 Å². The van der Waals surface area contributed by atoms with E-state index in [9.17, 15) is 4.79 Å². The second-order valence-electron chi connectivity index (χ2n) is 5.95. The minimum absolute atomic E-state index is 0.291. The lowest BCUT2D eigenvalue weighted by Crippen LogP contribution is -2.14. The monoisotopic (exact) mass is 334 g/mol. The van der Waals surface area contributed by atoms with E-state index in [2.05, 4.69) is 15.4 Å². The molecule has 6 nitrogen and oxygen atoms in total. The third kappa shape index (κ3) is 3.52. The van der Waals surface area contributed by atoms with Gasteiger partial charge in [0.25, 0.3) is 5.91 Å². The number of nitrogens with zero attached hydrogens (tertiary/aromatic N) is 3. The Morgan fingerprint density at radius 1 is 1.08 bits per heavy atom. The third-order valence-corrected chi connectivity index (χ3v) is 4.10. The second kappa shape index (κ2) is 6.76. The number of benzene rings is 1. The van der Waals surface area contributed by atoms with E-state index >= 15 is 0 Å². The van der Waals surface area contributed by atoms with E-state index in [-0.39, 0.29) is 5.91 Å². The predicted octanol–water partition coefficient (Wildman–Crippen LogP) is 3.66. The first kappa shape index (κ1) is 15.4. The maximum atomic E-state index is 12.5. The molecule has 0 radical (unpaired) electrons. The molecule has 1 aliphatic heterocycles. The molecular weight excluding hydrogens is 316 g/mol. The Balaban J connectivity index is 1.48. The molecule has 0 spiro atoms. The van der Waals surface area contributed by atoms with Crippen LogP contribution in [0.3, 0.4) is 0 Å². The van der Waals surface area contributed by atoms with Crippen molar-refractivity contribution in [2.45, 2.75) is 25.8 Å². The molecule has 25 heavy (non-hydrogen) atoms. The van der Waals surface area contributed by atoms with Crippen LogP contribution in [0.1, 0.15) is 29.0 Å². The number of ether oxygens (including phenoxy) is 1. The van der Waals surface area contributed by atoms with Crippen LogP contribution >= 0.6 is 0 Å². The summed E-state index contributed by atoms with van der Waals surface area (Å²) in [4.78, 5) is 16.6. The number of fused-ring (bicyclic) bond motifs is 1. The molecule has 126 valence electrons. The van der Waals surface area contributed by atoms with E-state index in [4.69, 9.17) is 4.74 Å². The van der Waals surface area contributed by atoms with Crippen LogP contribution in [-0.4, -0.2) is 20.7 Å². The number of rotatable bonds is 4. The van der Waals surface area contributed by atoms with Crippen LogP contribution in [0, 0.1) is 0 Å². The average Bonchev–Trinajstić information content (AvgIpc) is 3.05. The van der Waals surface area contributed by atoms with E-state index in [1.807, 2.05) is 41.1 Å². The second-order valence-corrected chi connectivity index (χ2v) is 5.95. The molecule has 0 saturated carbocycles. The molecule has 1 aromatic carbocycles. The first-order valence-electron chi connectivity index (χ1n) is 8.35. The summed E-state index contributed by atoms with van der Waals surface area (Å²) in [6, 6.07) is 14.7. The van der Waals surface area contributed by atoms with Crippen LogP contribution in [0.4, 0.5) is 5.82 Å². The zero-order chi connectivity index (χ0) is 17.1. The Hall–Kier alpha value is -3.15. The molecule has 0 bridgehead atoms. The van der Waals surface area contributed by atoms with Gasteiger partial charge in [0.1, 0.15) is 17.2 Å². The molecule has 3 aromatic rings. The fraction of sp³-hybridized carbons (Fsp3) is 0.211. The minimum atomic E-state index is -0.297. The number of hydrogen-bond acceptors (Lipinski definition) is 4. The van der Waals surface area contributed by atoms with Crippen LogP contribution in [0.5, 0.6) is 11.5 Å². The lowest BCUT2D eigenvalue weighted by atomic mass is 10.1. The van der Waals surface area contributed by atoms with Gasteiger partial charge in [-0.3, -0.25) is 14.5 Å². The molecule has 0 atom stereocenters. The molecule has 3 heterocycles.